The molecule has 0 spiro atoms. The number of aromatic nitrogens is 1. The Labute approximate surface area is 101 Å². The summed E-state index contributed by atoms with van der Waals surface area (Å²) in [5, 5.41) is 3.10. The van der Waals surface area contributed by atoms with Gasteiger partial charge in [-0.15, -0.1) is 0 Å². The van der Waals surface area contributed by atoms with E-state index in [0.29, 0.717) is 0 Å². The zero-order valence-corrected chi connectivity index (χ0v) is 11.3. The summed E-state index contributed by atoms with van der Waals surface area (Å²) in [6.07, 6.45) is 3.86. The molecule has 0 bridgehead atoms. The molecule has 0 aliphatic heterocycles. The van der Waals surface area contributed by atoms with Gasteiger partial charge in [0.25, 0.3) is 0 Å². The molecule has 1 N–H and O–H groups in total. The van der Waals surface area contributed by atoms with Crippen molar-refractivity contribution < 1.29 is 0 Å². The molecule has 0 unspecified atom stereocenters. The van der Waals surface area contributed by atoms with Crippen LogP contribution in [0.3, 0.4) is 0 Å². The lowest BCUT2D eigenvalue weighted by Crippen LogP contribution is -2.08. The van der Waals surface area contributed by atoms with Gasteiger partial charge in [-0.1, -0.05) is 5.57 Å². The van der Waals surface area contributed by atoms with E-state index >= 15 is 0 Å². The van der Waals surface area contributed by atoms with Crippen molar-refractivity contribution in [1.29, 1.82) is 0 Å². The maximum Gasteiger partial charge on any atom is 0.0772 e. The molecule has 0 fully saturated rings. The minimum atomic E-state index is 0.879. The molecular formula is C10H12Br2N2. The van der Waals surface area contributed by atoms with Crippen LogP contribution in [0.25, 0.3) is 6.08 Å². The number of halogens is 2. The minimum Gasteiger partial charge on any atom is -0.316 e. The predicted octanol–water partition coefficient (Wildman–Crippen LogP) is 3.23. The van der Waals surface area contributed by atoms with Crippen LogP contribution in [0.1, 0.15) is 12.6 Å². The highest BCUT2D eigenvalue weighted by Gasteiger charge is 1.99. The topological polar surface area (TPSA) is 24.9 Å². The number of nitrogens with one attached hydrogen (secondary N) is 1. The zero-order chi connectivity index (χ0) is 10.6. The highest BCUT2D eigenvalue weighted by molar-refractivity contribution is 9.11. The molecular weight excluding hydrogens is 308 g/mol. The van der Waals surface area contributed by atoms with Crippen LogP contribution in [0.2, 0.25) is 0 Å². The van der Waals surface area contributed by atoms with Crippen molar-refractivity contribution in [3.63, 3.8) is 0 Å². The van der Waals surface area contributed by atoms with Crippen LogP contribution in [-0.2, 0) is 0 Å². The average molecular weight is 320 g/mol. The Balaban J connectivity index is 2.91. The van der Waals surface area contributed by atoms with Crippen molar-refractivity contribution in [2.75, 3.05) is 13.6 Å². The van der Waals surface area contributed by atoms with Gasteiger partial charge in [0.2, 0.25) is 0 Å². The Bertz CT molecular complexity index is 348. The van der Waals surface area contributed by atoms with Crippen LogP contribution >= 0.6 is 31.9 Å². The molecule has 0 saturated heterocycles. The summed E-state index contributed by atoms with van der Waals surface area (Å²) in [4.78, 5) is 4.30. The Morgan fingerprint density at radius 3 is 2.86 bits per heavy atom. The van der Waals surface area contributed by atoms with Gasteiger partial charge >= 0.3 is 0 Å². The highest BCUT2D eigenvalue weighted by Crippen LogP contribution is 2.21. The zero-order valence-electron chi connectivity index (χ0n) is 8.14. The molecule has 0 saturated carbocycles. The van der Waals surface area contributed by atoms with Crippen molar-refractivity contribution in [2.45, 2.75) is 6.92 Å². The van der Waals surface area contributed by atoms with Gasteiger partial charge in [0.1, 0.15) is 0 Å². The van der Waals surface area contributed by atoms with E-state index in [4.69, 9.17) is 0 Å². The molecule has 0 aliphatic carbocycles. The van der Waals surface area contributed by atoms with Gasteiger partial charge < -0.3 is 5.32 Å². The Morgan fingerprint density at radius 2 is 2.29 bits per heavy atom. The molecule has 0 amide bonds. The van der Waals surface area contributed by atoms with E-state index < -0.39 is 0 Å². The normalized spacial score (nSPS) is 11.9. The quantitative estimate of drug-likeness (QED) is 0.925. The fourth-order valence-electron chi connectivity index (χ4n) is 1.09. The number of pyridine rings is 1. The van der Waals surface area contributed by atoms with E-state index in [0.717, 1.165) is 21.2 Å². The third-order valence-electron chi connectivity index (χ3n) is 1.68. The molecule has 0 aromatic carbocycles. The third-order valence-corrected chi connectivity index (χ3v) is 2.74. The Morgan fingerprint density at radius 1 is 1.57 bits per heavy atom. The van der Waals surface area contributed by atoms with Gasteiger partial charge in [-0.3, -0.25) is 4.98 Å². The maximum atomic E-state index is 4.30. The summed E-state index contributed by atoms with van der Waals surface area (Å²) < 4.78 is 1.98. The summed E-state index contributed by atoms with van der Waals surface area (Å²) in [7, 11) is 1.93. The summed E-state index contributed by atoms with van der Waals surface area (Å²) >= 11 is 6.84. The van der Waals surface area contributed by atoms with Crippen LogP contribution in [0, 0.1) is 0 Å². The lowest BCUT2D eigenvalue weighted by Gasteiger charge is -2.02. The lowest BCUT2D eigenvalue weighted by molar-refractivity contribution is 0.884. The number of rotatable bonds is 3. The van der Waals surface area contributed by atoms with E-state index in [2.05, 4.69) is 55.2 Å². The van der Waals surface area contributed by atoms with Crippen molar-refractivity contribution in [3.8, 4) is 0 Å². The highest BCUT2D eigenvalue weighted by atomic mass is 79.9. The molecule has 76 valence electrons. The Hall–Kier alpha value is -0.190. The van der Waals surface area contributed by atoms with Gasteiger partial charge in [-0.25, -0.2) is 0 Å². The first-order valence-electron chi connectivity index (χ1n) is 4.26. The lowest BCUT2D eigenvalue weighted by atomic mass is 10.2. The van der Waals surface area contributed by atoms with E-state index in [1.54, 1.807) is 6.20 Å². The first-order valence-corrected chi connectivity index (χ1v) is 5.85. The molecule has 14 heavy (non-hydrogen) atoms. The van der Waals surface area contributed by atoms with E-state index in [1.807, 2.05) is 13.1 Å². The van der Waals surface area contributed by atoms with E-state index in [-0.39, 0.29) is 0 Å². The second-order valence-electron chi connectivity index (χ2n) is 3.04. The van der Waals surface area contributed by atoms with Crippen LogP contribution in [0.4, 0.5) is 0 Å². The largest absolute Gasteiger partial charge is 0.316 e. The molecule has 0 aliphatic rings. The average Bonchev–Trinajstić information content (AvgIpc) is 2.10. The van der Waals surface area contributed by atoms with Crippen molar-refractivity contribution in [2.24, 2.45) is 0 Å². The first kappa shape index (κ1) is 11.9. The molecule has 1 heterocycles. The standard InChI is InChI=1S/C10H12Br2N2/c1-7(5-13-2)3-10-9(12)4-8(11)6-14-10/h3-4,6,13H,5H2,1-2H3. The van der Waals surface area contributed by atoms with Gasteiger partial charge in [0, 0.05) is 21.7 Å². The molecule has 0 radical (unpaired) electrons. The fourth-order valence-corrected chi connectivity index (χ4v) is 2.20. The van der Waals surface area contributed by atoms with Gasteiger partial charge in [0.05, 0.1) is 5.69 Å². The summed E-state index contributed by atoms with van der Waals surface area (Å²) in [6.45, 7) is 2.96. The van der Waals surface area contributed by atoms with Crippen molar-refractivity contribution in [3.05, 3.63) is 32.5 Å². The summed E-state index contributed by atoms with van der Waals surface area (Å²) in [5.41, 5.74) is 2.21. The van der Waals surface area contributed by atoms with E-state index in [9.17, 15) is 0 Å². The van der Waals surface area contributed by atoms with E-state index in [1.165, 1.54) is 5.57 Å². The van der Waals surface area contributed by atoms with Crippen molar-refractivity contribution in [1.82, 2.24) is 10.3 Å². The number of nitrogens with zero attached hydrogens (tertiary/aromatic N) is 1. The molecule has 1 rings (SSSR count). The Kier molecular flexibility index (Phi) is 4.78. The third kappa shape index (κ3) is 3.52. The molecule has 4 heteroatoms. The van der Waals surface area contributed by atoms with Crippen molar-refractivity contribution >= 4 is 37.9 Å². The maximum absolute atomic E-state index is 4.30. The van der Waals surface area contributed by atoms with Crippen LogP contribution < -0.4 is 5.32 Å². The SMILES string of the molecule is CNCC(C)=Cc1ncc(Br)cc1Br. The van der Waals surface area contributed by atoms with Crippen LogP contribution in [0.15, 0.2) is 26.8 Å². The van der Waals surface area contributed by atoms with Gasteiger partial charge in [-0.05, 0) is 58.0 Å². The summed E-state index contributed by atoms with van der Waals surface area (Å²) in [6, 6.07) is 1.99. The fraction of sp³-hybridized carbons (Fsp3) is 0.300. The smallest absolute Gasteiger partial charge is 0.0772 e. The predicted molar refractivity (Wildman–Crippen MR) is 67.2 cm³/mol. The van der Waals surface area contributed by atoms with Crippen LogP contribution in [-0.4, -0.2) is 18.6 Å². The first-order chi connectivity index (χ1) is 6.63. The molecule has 1 aromatic rings. The second-order valence-corrected chi connectivity index (χ2v) is 4.81. The van der Waals surface area contributed by atoms with Gasteiger partial charge in [0.15, 0.2) is 0 Å². The van der Waals surface area contributed by atoms with Crippen LogP contribution in [0.5, 0.6) is 0 Å². The minimum absolute atomic E-state index is 0.879. The summed E-state index contributed by atoms with van der Waals surface area (Å²) in [5.74, 6) is 0. The molecule has 0 atom stereocenters. The second kappa shape index (κ2) is 5.63. The number of hydrogen-bond donors (Lipinski definition) is 1. The molecule has 1 aromatic heterocycles. The number of hydrogen-bond acceptors (Lipinski definition) is 2. The number of likely N-dealkylation sites (N-methyl/N-ethyl adjacent to an activating group) is 1. The van der Waals surface area contributed by atoms with Gasteiger partial charge in [-0.2, -0.15) is 0 Å². The monoisotopic (exact) mass is 318 g/mol. The molecule has 2 nitrogen and oxygen atoms in total.